The average molecular weight is 310 g/mol. The fourth-order valence-electron chi connectivity index (χ4n) is 2.07. The third kappa shape index (κ3) is 2.30. The number of aromatic nitrogens is 4. The molecule has 0 atom stereocenters. The highest BCUT2D eigenvalue weighted by molar-refractivity contribution is 5.94. The van der Waals surface area contributed by atoms with Crippen LogP contribution in [0.4, 0.5) is 13.2 Å². The predicted octanol–water partition coefficient (Wildman–Crippen LogP) is 2.34. The molecule has 2 N–H and O–H groups in total. The molecule has 0 saturated carbocycles. The molecule has 3 aromatic rings. The topological polar surface area (TPSA) is 83.7 Å². The Labute approximate surface area is 121 Å². The zero-order chi connectivity index (χ0) is 15.9. The Morgan fingerprint density at radius 1 is 1.18 bits per heavy atom. The molecule has 22 heavy (non-hydrogen) atoms. The van der Waals surface area contributed by atoms with Gasteiger partial charge in [-0.25, -0.2) is 10.1 Å². The summed E-state index contributed by atoms with van der Waals surface area (Å²) >= 11 is 0. The minimum Gasteiger partial charge on any atom is -0.494 e. The summed E-state index contributed by atoms with van der Waals surface area (Å²) < 4.78 is 43.6. The molecule has 0 spiro atoms. The van der Waals surface area contributed by atoms with E-state index >= 15 is 0 Å². The number of hydrogen-bond donors (Lipinski definition) is 2. The second kappa shape index (κ2) is 4.86. The predicted molar refractivity (Wildman–Crippen MR) is 71.5 cm³/mol. The second-order valence-corrected chi connectivity index (χ2v) is 4.43. The Kier molecular flexibility index (Phi) is 3.12. The lowest BCUT2D eigenvalue weighted by atomic mass is 10.1. The van der Waals surface area contributed by atoms with Crippen LogP contribution in [0.15, 0.2) is 29.1 Å². The molecule has 0 amide bonds. The highest BCUT2D eigenvalue weighted by atomic mass is 19.4. The quantitative estimate of drug-likeness (QED) is 0.761. The van der Waals surface area contributed by atoms with E-state index in [0.29, 0.717) is 11.3 Å². The summed E-state index contributed by atoms with van der Waals surface area (Å²) in [7, 11) is 1.35. The van der Waals surface area contributed by atoms with E-state index in [1.807, 2.05) is 0 Å². The highest BCUT2D eigenvalue weighted by Gasteiger charge is 2.35. The minimum absolute atomic E-state index is 0.0613. The Bertz CT molecular complexity index is 878. The van der Waals surface area contributed by atoms with Crippen molar-refractivity contribution in [2.45, 2.75) is 6.18 Å². The first-order valence-electron chi connectivity index (χ1n) is 6.10. The first kappa shape index (κ1) is 14.1. The van der Waals surface area contributed by atoms with Gasteiger partial charge in [-0.2, -0.15) is 18.3 Å². The molecule has 0 radical (unpaired) electrons. The van der Waals surface area contributed by atoms with Crippen molar-refractivity contribution in [3.63, 3.8) is 0 Å². The number of fused-ring (bicyclic) bond motifs is 1. The molecule has 0 saturated heterocycles. The standard InChI is InChI=1S/C13H9F3N4O2/c1-22-8-4-2-6(7-3-5-9(21)20-19-7)10-11(8)18-12(17-10)13(14,15)16/h2-5H,1H3,(H,17,18)(H,20,21). The van der Waals surface area contributed by atoms with Gasteiger partial charge in [0.05, 0.1) is 12.8 Å². The SMILES string of the molecule is COc1ccc(-c2ccc(=O)[nH]n2)c2nc(C(F)(F)F)[nH]c12. The lowest BCUT2D eigenvalue weighted by Crippen LogP contribution is -2.07. The molecule has 0 fully saturated rings. The van der Waals surface area contributed by atoms with E-state index in [1.54, 1.807) is 0 Å². The summed E-state index contributed by atoms with van der Waals surface area (Å²) in [6.45, 7) is 0. The maximum atomic E-state index is 12.9. The van der Waals surface area contributed by atoms with E-state index in [1.165, 1.54) is 31.4 Å². The van der Waals surface area contributed by atoms with Gasteiger partial charge in [0.25, 0.3) is 5.56 Å². The maximum Gasteiger partial charge on any atom is 0.449 e. The smallest absolute Gasteiger partial charge is 0.449 e. The molecular formula is C13H9F3N4O2. The Balaban J connectivity index is 2.29. The van der Waals surface area contributed by atoms with E-state index in [-0.39, 0.29) is 16.8 Å². The number of nitrogens with one attached hydrogen (secondary N) is 2. The zero-order valence-corrected chi connectivity index (χ0v) is 11.2. The van der Waals surface area contributed by atoms with Gasteiger partial charge < -0.3 is 9.72 Å². The Morgan fingerprint density at radius 2 is 1.95 bits per heavy atom. The Morgan fingerprint density at radius 3 is 2.55 bits per heavy atom. The van der Waals surface area contributed by atoms with Crippen LogP contribution in [0.2, 0.25) is 0 Å². The van der Waals surface area contributed by atoms with Crippen LogP contribution in [0, 0.1) is 0 Å². The average Bonchev–Trinajstić information content (AvgIpc) is 2.92. The third-order valence-corrected chi connectivity index (χ3v) is 3.05. The van der Waals surface area contributed by atoms with Crippen molar-refractivity contribution in [1.29, 1.82) is 0 Å². The Hall–Kier alpha value is -2.84. The molecule has 2 heterocycles. The fourth-order valence-corrected chi connectivity index (χ4v) is 2.07. The van der Waals surface area contributed by atoms with Gasteiger partial charge in [-0.1, -0.05) is 0 Å². The number of methoxy groups -OCH3 is 1. The molecular weight excluding hydrogens is 301 g/mol. The molecule has 0 aliphatic carbocycles. The molecule has 114 valence electrons. The summed E-state index contributed by atoms with van der Waals surface area (Å²) in [6, 6.07) is 5.67. The summed E-state index contributed by atoms with van der Waals surface area (Å²) in [5, 5.41) is 6.04. The number of nitrogens with zero attached hydrogens (tertiary/aromatic N) is 2. The van der Waals surface area contributed by atoms with Gasteiger partial charge in [-0.05, 0) is 18.2 Å². The second-order valence-electron chi connectivity index (χ2n) is 4.43. The van der Waals surface area contributed by atoms with Crippen molar-refractivity contribution in [3.05, 3.63) is 40.4 Å². The van der Waals surface area contributed by atoms with Crippen LogP contribution in [-0.4, -0.2) is 27.3 Å². The molecule has 0 unspecified atom stereocenters. The molecule has 9 heteroatoms. The molecule has 0 bridgehead atoms. The lowest BCUT2D eigenvalue weighted by Gasteiger charge is -2.05. The van der Waals surface area contributed by atoms with Crippen LogP contribution < -0.4 is 10.3 Å². The summed E-state index contributed by atoms with van der Waals surface area (Å²) in [5.41, 5.74) is 0.407. The summed E-state index contributed by atoms with van der Waals surface area (Å²) in [5.74, 6) is -0.899. The minimum atomic E-state index is -4.61. The lowest BCUT2D eigenvalue weighted by molar-refractivity contribution is -0.144. The van der Waals surface area contributed by atoms with E-state index in [2.05, 4.69) is 20.2 Å². The van der Waals surface area contributed by atoms with Crippen LogP contribution in [0.25, 0.3) is 22.3 Å². The number of aromatic amines is 2. The van der Waals surface area contributed by atoms with E-state index in [9.17, 15) is 18.0 Å². The van der Waals surface area contributed by atoms with Gasteiger partial charge in [-0.3, -0.25) is 4.79 Å². The number of benzene rings is 1. The van der Waals surface area contributed by atoms with Crippen LogP contribution >= 0.6 is 0 Å². The van der Waals surface area contributed by atoms with Crippen molar-refractivity contribution in [1.82, 2.24) is 20.2 Å². The largest absolute Gasteiger partial charge is 0.494 e. The first-order chi connectivity index (χ1) is 10.4. The van der Waals surface area contributed by atoms with Crippen molar-refractivity contribution in [3.8, 4) is 17.0 Å². The number of H-pyrrole nitrogens is 2. The van der Waals surface area contributed by atoms with Crippen LogP contribution in [0.3, 0.4) is 0 Å². The van der Waals surface area contributed by atoms with Crippen LogP contribution in [0.1, 0.15) is 5.82 Å². The number of hydrogen-bond acceptors (Lipinski definition) is 4. The maximum absolute atomic E-state index is 12.9. The molecule has 3 rings (SSSR count). The summed E-state index contributed by atoms with van der Waals surface area (Å²) in [6.07, 6.45) is -4.61. The zero-order valence-electron chi connectivity index (χ0n) is 11.2. The highest BCUT2D eigenvalue weighted by Crippen LogP contribution is 2.35. The summed E-state index contributed by atoms with van der Waals surface area (Å²) in [4.78, 5) is 16.9. The molecule has 0 aliphatic rings. The van der Waals surface area contributed by atoms with Crippen molar-refractivity contribution in [2.75, 3.05) is 7.11 Å². The van der Waals surface area contributed by atoms with Gasteiger partial charge in [0, 0.05) is 11.6 Å². The molecule has 1 aromatic carbocycles. The molecule has 6 nitrogen and oxygen atoms in total. The van der Waals surface area contributed by atoms with Gasteiger partial charge in [-0.15, -0.1) is 0 Å². The number of ether oxygens (including phenoxy) is 1. The van der Waals surface area contributed by atoms with Gasteiger partial charge in [0.15, 0.2) is 0 Å². The van der Waals surface area contributed by atoms with Gasteiger partial charge in [0.2, 0.25) is 5.82 Å². The number of alkyl halides is 3. The van der Waals surface area contributed by atoms with Crippen molar-refractivity contribution >= 4 is 11.0 Å². The number of halogens is 3. The van der Waals surface area contributed by atoms with Crippen molar-refractivity contribution in [2.24, 2.45) is 0 Å². The molecule has 2 aromatic heterocycles. The third-order valence-electron chi connectivity index (χ3n) is 3.05. The first-order valence-corrected chi connectivity index (χ1v) is 6.10. The van der Waals surface area contributed by atoms with E-state index < -0.39 is 17.6 Å². The van der Waals surface area contributed by atoms with Gasteiger partial charge in [0.1, 0.15) is 16.8 Å². The monoisotopic (exact) mass is 310 g/mol. The molecule has 0 aliphatic heterocycles. The fraction of sp³-hybridized carbons (Fsp3) is 0.154. The van der Waals surface area contributed by atoms with Crippen LogP contribution in [0.5, 0.6) is 5.75 Å². The normalized spacial score (nSPS) is 11.8. The van der Waals surface area contributed by atoms with E-state index in [4.69, 9.17) is 4.74 Å². The van der Waals surface area contributed by atoms with Crippen LogP contribution in [-0.2, 0) is 6.18 Å². The number of imidazole rings is 1. The van der Waals surface area contributed by atoms with E-state index in [0.717, 1.165) is 0 Å². The van der Waals surface area contributed by atoms with Crippen molar-refractivity contribution < 1.29 is 17.9 Å². The van der Waals surface area contributed by atoms with Gasteiger partial charge >= 0.3 is 6.18 Å². The number of rotatable bonds is 2.